The average Bonchev–Trinajstić information content (AvgIpc) is 3.43. The van der Waals surface area contributed by atoms with Gasteiger partial charge in [0.25, 0.3) is 0 Å². The fraction of sp³-hybridized carbons (Fsp3) is 0.879. The van der Waals surface area contributed by atoms with Gasteiger partial charge in [-0.2, -0.15) is 0 Å². The minimum absolute atomic E-state index is 0.388. The normalized spacial score (nSPS) is 30.9. The molecule has 19 heteroatoms. The molecule has 12 N–H and O–H groups in total. The predicted molar refractivity (Wildman–Crippen MR) is 291 cm³/mol. The van der Waals surface area contributed by atoms with Crippen molar-refractivity contribution in [3.8, 4) is 0 Å². The molecule has 17 unspecified atom stereocenters. The number of aliphatic hydroxyl groups is 11. The van der Waals surface area contributed by atoms with Crippen LogP contribution in [0.5, 0.6) is 0 Å². The van der Waals surface area contributed by atoms with Crippen LogP contribution in [0.15, 0.2) is 36.5 Å². The number of rotatable bonds is 43. The van der Waals surface area contributed by atoms with Crippen LogP contribution < -0.4 is 5.32 Å². The van der Waals surface area contributed by atoms with Crippen molar-refractivity contribution >= 4 is 5.91 Å². The number of hydrogen-bond acceptors (Lipinski definition) is 18. The van der Waals surface area contributed by atoms with Gasteiger partial charge in [-0.25, -0.2) is 0 Å². The summed E-state index contributed by atoms with van der Waals surface area (Å²) in [6.07, 6.45) is 21.7. The highest BCUT2D eigenvalue weighted by atomic mass is 16.8. The Balaban J connectivity index is 1.24. The molecule has 1 amide bonds. The molecule has 3 aliphatic heterocycles. The van der Waals surface area contributed by atoms with E-state index in [0.29, 0.717) is 6.42 Å². The maximum Gasteiger partial charge on any atom is 0.217 e. The molecule has 450 valence electrons. The Morgan fingerprint density at radius 1 is 0.455 bits per heavy atom. The second kappa shape index (κ2) is 41.9. The highest BCUT2D eigenvalue weighted by Gasteiger charge is 2.53. The fourth-order valence-electron chi connectivity index (χ4n) is 10.1. The molecule has 0 bridgehead atoms. The third-order valence-electron chi connectivity index (χ3n) is 15.0. The van der Waals surface area contributed by atoms with Gasteiger partial charge < -0.3 is 89.9 Å². The summed E-state index contributed by atoms with van der Waals surface area (Å²) in [5, 5.41) is 118. The van der Waals surface area contributed by atoms with E-state index in [0.717, 1.165) is 25.7 Å². The van der Waals surface area contributed by atoms with Crippen LogP contribution in [0.1, 0.15) is 194 Å². The van der Waals surface area contributed by atoms with Crippen LogP contribution in [0.4, 0.5) is 0 Å². The zero-order valence-corrected chi connectivity index (χ0v) is 46.7. The summed E-state index contributed by atoms with van der Waals surface area (Å²) in [6, 6.07) is -0.996. The molecule has 0 aromatic carbocycles. The highest BCUT2D eigenvalue weighted by molar-refractivity contribution is 5.73. The van der Waals surface area contributed by atoms with Crippen molar-refractivity contribution in [3.05, 3.63) is 36.5 Å². The lowest BCUT2D eigenvalue weighted by atomic mass is 9.96. The quantitative estimate of drug-likeness (QED) is 0.0285. The molecule has 3 saturated heterocycles. The van der Waals surface area contributed by atoms with Crippen LogP contribution in [0.25, 0.3) is 0 Å². The van der Waals surface area contributed by atoms with Crippen molar-refractivity contribution < 1.29 is 89.4 Å². The third kappa shape index (κ3) is 26.6. The van der Waals surface area contributed by atoms with Crippen LogP contribution >= 0.6 is 0 Å². The molecular formula is C58H105NO18. The first-order valence-electron chi connectivity index (χ1n) is 29.7. The Hall–Kier alpha value is -1.99. The van der Waals surface area contributed by atoms with Gasteiger partial charge in [0.1, 0.15) is 73.2 Å². The van der Waals surface area contributed by atoms with Crippen molar-refractivity contribution in [1.29, 1.82) is 0 Å². The van der Waals surface area contributed by atoms with Crippen LogP contribution in [-0.4, -0.2) is 193 Å². The Labute approximate surface area is 460 Å². The lowest BCUT2D eigenvalue weighted by Crippen LogP contribution is -2.66. The van der Waals surface area contributed by atoms with E-state index < -0.39 is 130 Å². The molecule has 0 aromatic rings. The number of carbonyl (C=O) groups is 1. The van der Waals surface area contributed by atoms with Gasteiger partial charge in [0.15, 0.2) is 18.9 Å². The van der Waals surface area contributed by atoms with Crippen molar-refractivity contribution in [2.75, 3.05) is 26.4 Å². The molecule has 0 spiro atoms. The number of ether oxygens (including phenoxy) is 6. The molecule has 0 aliphatic carbocycles. The summed E-state index contributed by atoms with van der Waals surface area (Å²) in [7, 11) is 0. The Kier molecular flexibility index (Phi) is 37.7. The molecule has 0 radical (unpaired) electrons. The molecule has 3 aliphatic rings. The number of allylic oxidation sites excluding steroid dienone is 5. The van der Waals surface area contributed by atoms with Crippen LogP contribution in [0.3, 0.4) is 0 Å². The lowest BCUT2D eigenvalue weighted by Gasteiger charge is -2.48. The van der Waals surface area contributed by atoms with Crippen molar-refractivity contribution in [1.82, 2.24) is 5.32 Å². The van der Waals surface area contributed by atoms with Gasteiger partial charge in [0.2, 0.25) is 5.91 Å². The van der Waals surface area contributed by atoms with E-state index in [2.05, 4.69) is 36.5 Å². The molecule has 3 fully saturated rings. The Morgan fingerprint density at radius 3 is 1.22 bits per heavy atom. The Bertz CT molecular complexity index is 1550. The van der Waals surface area contributed by atoms with Gasteiger partial charge in [-0.1, -0.05) is 185 Å². The third-order valence-corrected chi connectivity index (χ3v) is 15.0. The van der Waals surface area contributed by atoms with E-state index in [1.807, 2.05) is 0 Å². The average molecular weight is 1100 g/mol. The van der Waals surface area contributed by atoms with E-state index in [4.69, 9.17) is 28.4 Å². The number of nitrogens with one attached hydrogen (secondary N) is 1. The largest absolute Gasteiger partial charge is 0.394 e. The summed E-state index contributed by atoms with van der Waals surface area (Å²) in [5.74, 6) is -0.466. The smallest absolute Gasteiger partial charge is 0.217 e. The topological polar surface area (TPSA) is 307 Å². The standard InChI is InChI=1S/C58H105NO18/c1-3-4-5-6-7-8-9-10-11-12-13-14-15-16-17-18-19-20-21-22-23-24-25-26-27-28-29-30-31-32-33-34-35-36-43(64)42(59-41(2)63)40-72-56-52(70)49(67)54(45(38-61)74-56)77-58-53(71)50(68)55(46(39-62)75-58)76-57-51(69)48(66)47(65)44(37-60)73-57/h27-28,31-32,35-36,42-58,60-62,64-71H,3-26,29-30,33-34,37-40H2,1-2H3,(H,59,63)/b28-27+,32-31+,36-35+. The van der Waals surface area contributed by atoms with Gasteiger partial charge in [-0.05, 0) is 38.5 Å². The van der Waals surface area contributed by atoms with Crippen molar-refractivity contribution in [2.45, 2.75) is 298 Å². The van der Waals surface area contributed by atoms with Gasteiger partial charge in [0, 0.05) is 6.92 Å². The lowest BCUT2D eigenvalue weighted by molar-refractivity contribution is -0.379. The Morgan fingerprint density at radius 2 is 0.805 bits per heavy atom. The number of hydrogen-bond donors (Lipinski definition) is 12. The van der Waals surface area contributed by atoms with Gasteiger partial charge in [-0.3, -0.25) is 4.79 Å². The minimum Gasteiger partial charge on any atom is -0.394 e. The van der Waals surface area contributed by atoms with Crippen LogP contribution in [0, 0.1) is 0 Å². The minimum atomic E-state index is -1.98. The molecule has 77 heavy (non-hydrogen) atoms. The van der Waals surface area contributed by atoms with E-state index in [9.17, 15) is 61.0 Å². The first-order chi connectivity index (χ1) is 37.3. The summed E-state index contributed by atoms with van der Waals surface area (Å²) in [4.78, 5) is 12.1. The molecule has 17 atom stereocenters. The van der Waals surface area contributed by atoms with Gasteiger partial charge in [-0.15, -0.1) is 0 Å². The SMILES string of the molecule is CCCCCCCCCCCCCCCCCCCCCCCCC/C=C/CC/C=C/CC/C=C/C(O)C(COC1OC(CO)C(OC2OC(CO)C(OC3OC(CO)C(O)C(O)C3O)C(O)C2O)C(O)C1O)NC(C)=O. The second-order valence-electron chi connectivity index (χ2n) is 21.5. The van der Waals surface area contributed by atoms with Gasteiger partial charge in [0.05, 0.1) is 38.6 Å². The maximum absolute atomic E-state index is 12.1. The first kappa shape index (κ1) is 69.3. The number of aliphatic hydroxyl groups excluding tert-OH is 11. The van der Waals surface area contributed by atoms with E-state index in [1.54, 1.807) is 6.08 Å². The monoisotopic (exact) mass is 1100 g/mol. The number of unbranched alkanes of at least 4 members (excludes halogenated alkanes) is 25. The molecule has 19 nitrogen and oxygen atoms in total. The van der Waals surface area contributed by atoms with Crippen LogP contribution in [0.2, 0.25) is 0 Å². The zero-order valence-electron chi connectivity index (χ0n) is 46.7. The summed E-state index contributed by atoms with van der Waals surface area (Å²) < 4.78 is 33.7. The van der Waals surface area contributed by atoms with Crippen LogP contribution in [-0.2, 0) is 33.2 Å². The van der Waals surface area contributed by atoms with Gasteiger partial charge >= 0.3 is 0 Å². The molecule has 3 heterocycles. The molecule has 3 rings (SSSR count). The summed E-state index contributed by atoms with van der Waals surface area (Å²) >= 11 is 0. The van der Waals surface area contributed by atoms with Crippen molar-refractivity contribution in [3.63, 3.8) is 0 Å². The highest BCUT2D eigenvalue weighted by Crippen LogP contribution is 2.33. The predicted octanol–water partition coefficient (Wildman–Crippen LogP) is 4.93. The molecule has 0 aromatic heterocycles. The zero-order chi connectivity index (χ0) is 56.2. The second-order valence-corrected chi connectivity index (χ2v) is 21.5. The summed E-state index contributed by atoms with van der Waals surface area (Å²) in [5.41, 5.74) is 0. The first-order valence-corrected chi connectivity index (χ1v) is 29.7. The van der Waals surface area contributed by atoms with E-state index >= 15 is 0 Å². The molecular weight excluding hydrogens is 999 g/mol. The maximum atomic E-state index is 12.1. The van der Waals surface area contributed by atoms with Crippen molar-refractivity contribution in [2.24, 2.45) is 0 Å². The van der Waals surface area contributed by atoms with E-state index in [1.165, 1.54) is 161 Å². The fourth-order valence-corrected chi connectivity index (χ4v) is 10.1. The number of amides is 1. The molecule has 0 saturated carbocycles. The number of carbonyl (C=O) groups excluding carboxylic acids is 1. The van der Waals surface area contributed by atoms with E-state index in [-0.39, 0.29) is 6.61 Å². The summed E-state index contributed by atoms with van der Waals surface area (Å²) in [6.45, 7) is 0.724.